The fraction of sp³-hybridized carbons (Fsp3) is 0.263. The van der Waals surface area contributed by atoms with Crippen LogP contribution in [0, 0.1) is 11.3 Å². The van der Waals surface area contributed by atoms with Gasteiger partial charge < -0.3 is 13.8 Å². The number of piperidine rings is 1. The number of carbonyl (C=O) groups excluding carboxylic acids is 1. The number of hydrogen-bond donors (Lipinski definition) is 0. The van der Waals surface area contributed by atoms with E-state index in [4.69, 9.17) is 14.2 Å². The minimum atomic E-state index is -0.258. The smallest absolute Gasteiger partial charge is 0.257 e. The van der Waals surface area contributed by atoms with Gasteiger partial charge in [-0.2, -0.15) is 10.2 Å². The quantitative estimate of drug-likeness (QED) is 0.718. The van der Waals surface area contributed by atoms with Gasteiger partial charge in [-0.15, -0.1) is 0 Å². The van der Waals surface area contributed by atoms with Crippen molar-refractivity contribution in [3.8, 4) is 17.5 Å². The molecule has 1 amide bonds. The van der Waals surface area contributed by atoms with E-state index in [-0.39, 0.29) is 11.9 Å². The van der Waals surface area contributed by atoms with Crippen LogP contribution in [-0.2, 0) is 0 Å². The Labute approximate surface area is 149 Å². The fourth-order valence-electron chi connectivity index (χ4n) is 3.20. The highest BCUT2D eigenvalue weighted by molar-refractivity contribution is 5.94. The molecule has 0 saturated carbocycles. The average Bonchev–Trinajstić information content (AvgIpc) is 3.39. The maximum absolute atomic E-state index is 12.7. The molecule has 1 saturated heterocycles. The van der Waals surface area contributed by atoms with E-state index in [0.29, 0.717) is 35.0 Å². The molecule has 1 aromatic carbocycles. The first kappa shape index (κ1) is 16.1. The summed E-state index contributed by atoms with van der Waals surface area (Å²) in [7, 11) is 0. The lowest BCUT2D eigenvalue weighted by atomic mass is 10.0. The number of furan rings is 1. The van der Waals surface area contributed by atoms with Gasteiger partial charge in [0, 0.05) is 12.1 Å². The highest BCUT2D eigenvalue weighted by Gasteiger charge is 2.33. The monoisotopic (exact) mass is 348 g/mol. The van der Waals surface area contributed by atoms with Crippen molar-refractivity contribution in [1.82, 2.24) is 15.0 Å². The molecule has 3 heterocycles. The van der Waals surface area contributed by atoms with E-state index >= 15 is 0 Å². The minimum Gasteiger partial charge on any atom is -0.472 e. The third-order valence-corrected chi connectivity index (χ3v) is 4.51. The molecule has 130 valence electrons. The first-order valence-electron chi connectivity index (χ1n) is 8.43. The molecule has 26 heavy (non-hydrogen) atoms. The summed E-state index contributed by atoms with van der Waals surface area (Å²) in [6.45, 7) is 0.635. The fourth-order valence-corrected chi connectivity index (χ4v) is 3.20. The van der Waals surface area contributed by atoms with Crippen LogP contribution in [0.25, 0.3) is 11.4 Å². The normalized spacial score (nSPS) is 17.0. The van der Waals surface area contributed by atoms with Gasteiger partial charge in [0.1, 0.15) is 12.3 Å². The second-order valence-electron chi connectivity index (χ2n) is 6.17. The molecule has 1 aliphatic heterocycles. The number of amides is 1. The number of hydrogen-bond acceptors (Lipinski definition) is 6. The van der Waals surface area contributed by atoms with Gasteiger partial charge in [0.25, 0.3) is 5.91 Å². The van der Waals surface area contributed by atoms with Crippen molar-refractivity contribution in [2.24, 2.45) is 0 Å². The molecule has 1 unspecified atom stereocenters. The Balaban J connectivity index is 1.62. The summed E-state index contributed by atoms with van der Waals surface area (Å²) in [6.07, 6.45) is 5.62. The summed E-state index contributed by atoms with van der Waals surface area (Å²) >= 11 is 0. The van der Waals surface area contributed by atoms with Gasteiger partial charge in [0.2, 0.25) is 11.7 Å². The SMILES string of the molecule is N#Cc1cccc(-c2noc(C3CCCCN3C(=O)c3ccoc3)n2)c1. The lowest BCUT2D eigenvalue weighted by Gasteiger charge is -2.33. The van der Waals surface area contributed by atoms with Crippen LogP contribution in [-0.4, -0.2) is 27.5 Å². The predicted molar refractivity (Wildman–Crippen MR) is 90.8 cm³/mol. The summed E-state index contributed by atoms with van der Waals surface area (Å²) in [5.74, 6) is 0.729. The number of benzene rings is 1. The van der Waals surface area contributed by atoms with Crippen molar-refractivity contribution < 1.29 is 13.7 Å². The van der Waals surface area contributed by atoms with Crippen molar-refractivity contribution in [3.05, 3.63) is 59.9 Å². The maximum Gasteiger partial charge on any atom is 0.257 e. The van der Waals surface area contributed by atoms with E-state index < -0.39 is 0 Å². The van der Waals surface area contributed by atoms with Crippen LogP contribution in [0.15, 0.2) is 51.8 Å². The van der Waals surface area contributed by atoms with E-state index in [2.05, 4.69) is 16.2 Å². The Hall–Kier alpha value is -3.40. The van der Waals surface area contributed by atoms with Crippen LogP contribution in [0.5, 0.6) is 0 Å². The molecule has 1 fully saturated rings. The van der Waals surface area contributed by atoms with E-state index in [1.54, 1.807) is 29.2 Å². The zero-order valence-electron chi connectivity index (χ0n) is 14.0. The average molecular weight is 348 g/mol. The van der Waals surface area contributed by atoms with Gasteiger partial charge in [0.15, 0.2) is 0 Å². The van der Waals surface area contributed by atoms with Crippen molar-refractivity contribution in [3.63, 3.8) is 0 Å². The standard InChI is InChI=1S/C19H16N4O3/c20-11-13-4-3-5-14(10-13)17-21-18(26-22-17)16-6-1-2-8-23(16)19(24)15-7-9-25-12-15/h3-5,7,9-10,12,16H,1-2,6,8H2. The molecule has 7 heteroatoms. The number of nitriles is 1. The van der Waals surface area contributed by atoms with Gasteiger partial charge >= 0.3 is 0 Å². The molecule has 0 radical (unpaired) electrons. The van der Waals surface area contributed by atoms with Gasteiger partial charge in [0.05, 0.1) is 23.5 Å². The molecule has 7 nitrogen and oxygen atoms in total. The van der Waals surface area contributed by atoms with Gasteiger partial charge in [-0.05, 0) is 37.5 Å². The van der Waals surface area contributed by atoms with Crippen LogP contribution < -0.4 is 0 Å². The summed E-state index contributed by atoms with van der Waals surface area (Å²) < 4.78 is 10.5. The molecule has 3 aromatic rings. The molecule has 0 bridgehead atoms. The van der Waals surface area contributed by atoms with Crippen LogP contribution in [0.3, 0.4) is 0 Å². The topological polar surface area (TPSA) is 96.2 Å². The zero-order valence-corrected chi connectivity index (χ0v) is 14.0. The maximum atomic E-state index is 12.7. The van der Waals surface area contributed by atoms with E-state index in [0.717, 1.165) is 19.3 Å². The summed E-state index contributed by atoms with van der Waals surface area (Å²) in [6, 6.07) is 10.5. The van der Waals surface area contributed by atoms with Gasteiger partial charge in [-0.25, -0.2) is 0 Å². The number of aromatic nitrogens is 2. The second kappa shape index (κ2) is 6.84. The van der Waals surface area contributed by atoms with Crippen molar-refractivity contribution in [2.75, 3.05) is 6.54 Å². The summed E-state index contributed by atoms with van der Waals surface area (Å²) in [5, 5.41) is 13.1. The largest absolute Gasteiger partial charge is 0.472 e. The number of likely N-dealkylation sites (tertiary alicyclic amines) is 1. The molecule has 1 aliphatic rings. The summed E-state index contributed by atoms with van der Waals surface area (Å²) in [5.41, 5.74) is 1.75. The predicted octanol–water partition coefficient (Wildman–Crippen LogP) is 3.57. The van der Waals surface area contributed by atoms with Crippen molar-refractivity contribution >= 4 is 5.91 Å². The Kier molecular flexibility index (Phi) is 4.23. The first-order valence-corrected chi connectivity index (χ1v) is 8.43. The second-order valence-corrected chi connectivity index (χ2v) is 6.17. The third-order valence-electron chi connectivity index (χ3n) is 4.51. The number of nitrogens with zero attached hydrogens (tertiary/aromatic N) is 4. The van der Waals surface area contributed by atoms with Crippen LogP contribution >= 0.6 is 0 Å². The van der Waals surface area contributed by atoms with E-state index in [9.17, 15) is 4.79 Å². The van der Waals surface area contributed by atoms with Gasteiger partial charge in [-0.3, -0.25) is 4.79 Å². The molecular formula is C19H16N4O3. The molecular weight excluding hydrogens is 332 g/mol. The van der Waals surface area contributed by atoms with Crippen LogP contribution in [0.1, 0.15) is 47.1 Å². The van der Waals surface area contributed by atoms with Gasteiger partial charge in [-0.1, -0.05) is 17.3 Å². The van der Waals surface area contributed by atoms with E-state index in [1.807, 2.05) is 6.07 Å². The molecule has 0 spiro atoms. The highest BCUT2D eigenvalue weighted by atomic mass is 16.5. The zero-order chi connectivity index (χ0) is 17.9. The Morgan fingerprint density at radius 1 is 1.31 bits per heavy atom. The van der Waals surface area contributed by atoms with Crippen LogP contribution in [0.2, 0.25) is 0 Å². The van der Waals surface area contributed by atoms with E-state index in [1.165, 1.54) is 12.5 Å². The highest BCUT2D eigenvalue weighted by Crippen LogP contribution is 2.32. The first-order chi connectivity index (χ1) is 12.8. The molecule has 2 aromatic heterocycles. The Morgan fingerprint density at radius 2 is 2.23 bits per heavy atom. The molecule has 0 aliphatic carbocycles. The van der Waals surface area contributed by atoms with Crippen molar-refractivity contribution in [1.29, 1.82) is 5.26 Å². The molecule has 4 rings (SSSR count). The summed E-state index contributed by atoms with van der Waals surface area (Å²) in [4.78, 5) is 19.0. The number of carbonyl (C=O) groups is 1. The Bertz CT molecular complexity index is 955. The molecule has 1 atom stereocenters. The number of rotatable bonds is 3. The Morgan fingerprint density at radius 3 is 3.04 bits per heavy atom. The third kappa shape index (κ3) is 2.97. The molecule has 0 N–H and O–H groups in total. The van der Waals surface area contributed by atoms with Crippen LogP contribution in [0.4, 0.5) is 0 Å². The lowest BCUT2D eigenvalue weighted by molar-refractivity contribution is 0.0560. The minimum absolute atomic E-state index is 0.102. The van der Waals surface area contributed by atoms with Crippen molar-refractivity contribution in [2.45, 2.75) is 25.3 Å². The lowest BCUT2D eigenvalue weighted by Crippen LogP contribution is -2.38.